The van der Waals surface area contributed by atoms with Crippen LogP contribution in [0.25, 0.3) is 11.0 Å². The first-order valence-electron chi connectivity index (χ1n) is 7.32. The quantitative estimate of drug-likeness (QED) is 0.764. The van der Waals surface area contributed by atoms with Crippen molar-refractivity contribution in [2.75, 3.05) is 0 Å². The molecule has 1 N–H and O–H groups in total. The minimum atomic E-state index is 0.563. The highest BCUT2D eigenvalue weighted by atomic mass is 32.1. The predicted octanol–water partition coefficient (Wildman–Crippen LogP) is 5.00. The van der Waals surface area contributed by atoms with Crippen LogP contribution in [-0.2, 0) is 0 Å². The zero-order valence-corrected chi connectivity index (χ0v) is 12.8. The molecule has 3 heteroatoms. The summed E-state index contributed by atoms with van der Waals surface area (Å²) in [6.07, 6.45) is 3.88. The molecule has 1 heterocycles. The second kappa shape index (κ2) is 4.78. The van der Waals surface area contributed by atoms with Crippen molar-refractivity contribution < 1.29 is 0 Å². The zero-order chi connectivity index (χ0) is 13.6. The predicted molar refractivity (Wildman–Crippen MR) is 83.1 cm³/mol. The van der Waals surface area contributed by atoms with Crippen LogP contribution in [0.2, 0.25) is 0 Å². The lowest BCUT2D eigenvalue weighted by molar-refractivity contribution is 0.332. The van der Waals surface area contributed by atoms with Gasteiger partial charge in [-0.05, 0) is 61.5 Å². The maximum Gasteiger partial charge on any atom is 0.178 e. The van der Waals surface area contributed by atoms with Gasteiger partial charge in [0, 0.05) is 6.04 Å². The number of fused-ring (bicyclic) bond motifs is 1. The van der Waals surface area contributed by atoms with Gasteiger partial charge in [-0.15, -0.1) is 0 Å². The molecular formula is C16H22N2S. The van der Waals surface area contributed by atoms with Crippen LogP contribution >= 0.6 is 12.2 Å². The topological polar surface area (TPSA) is 20.7 Å². The van der Waals surface area contributed by atoms with E-state index in [0.717, 1.165) is 16.6 Å². The second-order valence-corrected chi connectivity index (χ2v) is 6.38. The molecule has 1 aromatic carbocycles. The molecule has 0 spiro atoms. The van der Waals surface area contributed by atoms with Crippen molar-refractivity contribution in [3.05, 3.63) is 28.5 Å². The number of benzene rings is 1. The summed E-state index contributed by atoms with van der Waals surface area (Å²) in [5.41, 5.74) is 3.74. The van der Waals surface area contributed by atoms with Gasteiger partial charge in [0.25, 0.3) is 0 Å². The molecule has 0 bridgehead atoms. The van der Waals surface area contributed by atoms with Crippen molar-refractivity contribution in [2.24, 2.45) is 11.8 Å². The van der Waals surface area contributed by atoms with E-state index in [1.807, 2.05) is 0 Å². The van der Waals surface area contributed by atoms with E-state index in [2.05, 4.69) is 48.5 Å². The Bertz CT molecular complexity index is 652. The summed E-state index contributed by atoms with van der Waals surface area (Å²) in [6.45, 7) is 6.84. The van der Waals surface area contributed by atoms with Gasteiger partial charge in [-0.2, -0.15) is 0 Å². The molecular weight excluding hydrogens is 252 g/mol. The SMILES string of the molecule is CCC1CCC(n2c(=S)[nH]c3ccc(C)cc32)C1C. The Labute approximate surface area is 119 Å². The van der Waals surface area contributed by atoms with Gasteiger partial charge in [0.05, 0.1) is 11.0 Å². The van der Waals surface area contributed by atoms with Gasteiger partial charge in [-0.3, -0.25) is 0 Å². The third kappa shape index (κ3) is 2.04. The minimum absolute atomic E-state index is 0.563. The van der Waals surface area contributed by atoms with E-state index in [9.17, 15) is 0 Å². The summed E-state index contributed by atoms with van der Waals surface area (Å²) in [6, 6.07) is 7.11. The van der Waals surface area contributed by atoms with E-state index in [4.69, 9.17) is 12.2 Å². The highest BCUT2D eigenvalue weighted by Gasteiger charge is 2.33. The molecule has 0 saturated heterocycles. The number of rotatable bonds is 2. The Morgan fingerprint density at radius 3 is 2.84 bits per heavy atom. The maximum absolute atomic E-state index is 5.57. The van der Waals surface area contributed by atoms with E-state index in [-0.39, 0.29) is 0 Å². The molecule has 0 amide bonds. The summed E-state index contributed by atoms with van der Waals surface area (Å²) < 4.78 is 3.26. The fourth-order valence-corrected chi connectivity index (χ4v) is 4.07. The molecule has 0 radical (unpaired) electrons. The average Bonchev–Trinajstić information content (AvgIpc) is 2.89. The molecule has 1 aromatic heterocycles. The van der Waals surface area contributed by atoms with Crippen LogP contribution in [0.4, 0.5) is 0 Å². The molecule has 0 aliphatic heterocycles. The summed E-state index contributed by atoms with van der Waals surface area (Å²) in [4.78, 5) is 3.36. The van der Waals surface area contributed by atoms with Crippen LogP contribution in [0.15, 0.2) is 18.2 Å². The summed E-state index contributed by atoms with van der Waals surface area (Å²) in [5, 5.41) is 0. The Balaban J connectivity index is 2.12. The lowest BCUT2D eigenvalue weighted by Crippen LogP contribution is -2.15. The number of nitrogens with one attached hydrogen (secondary N) is 1. The molecule has 3 atom stereocenters. The number of H-pyrrole nitrogens is 1. The molecule has 1 fully saturated rings. The third-order valence-electron chi connectivity index (χ3n) is 4.91. The van der Waals surface area contributed by atoms with Crippen LogP contribution in [0.1, 0.15) is 44.7 Å². The number of hydrogen-bond donors (Lipinski definition) is 1. The Morgan fingerprint density at radius 1 is 1.37 bits per heavy atom. The van der Waals surface area contributed by atoms with E-state index >= 15 is 0 Å². The van der Waals surface area contributed by atoms with Gasteiger partial charge in [-0.25, -0.2) is 0 Å². The number of imidazole rings is 1. The second-order valence-electron chi connectivity index (χ2n) is 5.99. The van der Waals surface area contributed by atoms with E-state index in [1.165, 1.54) is 35.9 Å². The van der Waals surface area contributed by atoms with Gasteiger partial charge < -0.3 is 9.55 Å². The fourth-order valence-electron chi connectivity index (χ4n) is 3.73. The molecule has 19 heavy (non-hydrogen) atoms. The van der Waals surface area contributed by atoms with Crippen LogP contribution < -0.4 is 0 Å². The Kier molecular flexibility index (Phi) is 3.25. The molecule has 1 aliphatic rings. The number of hydrogen-bond acceptors (Lipinski definition) is 1. The van der Waals surface area contributed by atoms with Gasteiger partial charge >= 0.3 is 0 Å². The highest BCUT2D eigenvalue weighted by Crippen LogP contribution is 2.43. The van der Waals surface area contributed by atoms with Gasteiger partial charge in [0.1, 0.15) is 0 Å². The number of aryl methyl sites for hydroxylation is 1. The molecule has 3 unspecified atom stereocenters. The van der Waals surface area contributed by atoms with Crippen molar-refractivity contribution in [1.29, 1.82) is 0 Å². The van der Waals surface area contributed by atoms with Crippen molar-refractivity contribution in [3.63, 3.8) is 0 Å². The lowest BCUT2D eigenvalue weighted by Gasteiger charge is -2.22. The molecule has 2 aromatic rings. The number of aromatic amines is 1. The van der Waals surface area contributed by atoms with Crippen molar-refractivity contribution >= 4 is 23.3 Å². The first kappa shape index (κ1) is 12.9. The van der Waals surface area contributed by atoms with Gasteiger partial charge in [-0.1, -0.05) is 26.3 Å². The highest BCUT2D eigenvalue weighted by molar-refractivity contribution is 7.71. The Hall–Kier alpha value is -1.09. The molecule has 1 aliphatic carbocycles. The zero-order valence-electron chi connectivity index (χ0n) is 11.9. The summed E-state index contributed by atoms with van der Waals surface area (Å²) >= 11 is 5.57. The molecule has 1 saturated carbocycles. The van der Waals surface area contributed by atoms with Gasteiger partial charge in [0.2, 0.25) is 0 Å². The van der Waals surface area contributed by atoms with Crippen molar-refractivity contribution in [3.8, 4) is 0 Å². The summed E-state index contributed by atoms with van der Waals surface area (Å²) in [5.74, 6) is 1.57. The van der Waals surface area contributed by atoms with E-state index < -0.39 is 0 Å². The lowest BCUT2D eigenvalue weighted by atomic mass is 9.93. The normalized spacial score (nSPS) is 27.2. The summed E-state index contributed by atoms with van der Waals surface area (Å²) in [7, 11) is 0. The minimum Gasteiger partial charge on any atom is -0.331 e. The standard InChI is InChI=1S/C16H22N2S/c1-4-12-6-8-14(11(12)3)18-15-9-10(2)5-7-13(15)17-16(18)19/h5,7,9,11-12,14H,4,6,8H2,1-3H3,(H,17,19). The van der Waals surface area contributed by atoms with Crippen LogP contribution in [0.5, 0.6) is 0 Å². The molecule has 3 rings (SSSR count). The number of aromatic nitrogens is 2. The maximum atomic E-state index is 5.57. The Morgan fingerprint density at radius 2 is 2.16 bits per heavy atom. The first-order chi connectivity index (χ1) is 9.11. The molecule has 2 nitrogen and oxygen atoms in total. The van der Waals surface area contributed by atoms with Crippen molar-refractivity contribution in [1.82, 2.24) is 9.55 Å². The van der Waals surface area contributed by atoms with Crippen LogP contribution in [0, 0.1) is 23.5 Å². The average molecular weight is 274 g/mol. The van der Waals surface area contributed by atoms with E-state index in [0.29, 0.717) is 6.04 Å². The largest absolute Gasteiger partial charge is 0.331 e. The van der Waals surface area contributed by atoms with Gasteiger partial charge in [0.15, 0.2) is 4.77 Å². The number of nitrogens with zero attached hydrogens (tertiary/aromatic N) is 1. The van der Waals surface area contributed by atoms with Crippen molar-refractivity contribution in [2.45, 2.75) is 46.1 Å². The smallest absolute Gasteiger partial charge is 0.178 e. The van der Waals surface area contributed by atoms with E-state index in [1.54, 1.807) is 0 Å². The van der Waals surface area contributed by atoms with Crippen LogP contribution in [-0.4, -0.2) is 9.55 Å². The first-order valence-corrected chi connectivity index (χ1v) is 7.73. The third-order valence-corrected chi connectivity index (χ3v) is 5.21. The fraction of sp³-hybridized carbons (Fsp3) is 0.562. The monoisotopic (exact) mass is 274 g/mol. The molecule has 102 valence electrons. The van der Waals surface area contributed by atoms with Crippen LogP contribution in [0.3, 0.4) is 0 Å².